The number of thioether (sulfide) groups is 1. The molecule has 29 heavy (non-hydrogen) atoms. The Balaban J connectivity index is 1.67. The van der Waals surface area contributed by atoms with Gasteiger partial charge in [0, 0.05) is 17.8 Å². The minimum Gasteiger partial charge on any atom is -0.342 e. The topological polar surface area (TPSA) is 59.8 Å². The lowest BCUT2D eigenvalue weighted by Gasteiger charge is -2.14. The van der Waals surface area contributed by atoms with Gasteiger partial charge in [-0.25, -0.2) is 0 Å². The molecule has 0 radical (unpaired) electrons. The fourth-order valence-electron chi connectivity index (χ4n) is 2.62. The zero-order chi connectivity index (χ0) is 21.1. The van der Waals surface area contributed by atoms with Crippen LogP contribution in [0.2, 0.25) is 20.1 Å². The van der Waals surface area contributed by atoms with Crippen LogP contribution in [0.4, 0.5) is 0 Å². The average Bonchev–Trinajstić information content (AvgIpc) is 3.03. The maximum absolute atomic E-state index is 12.5. The maximum Gasteiger partial charge on any atom is 0.253 e. The number of carbonyl (C=O) groups excluding carboxylic acids is 1. The molecule has 1 aromatic heterocycles. The monoisotopic (exact) mass is 488 g/mol. The fraction of sp³-hybridized carbons (Fsp3) is 0.211. The van der Waals surface area contributed by atoms with Gasteiger partial charge in [0.15, 0.2) is 11.0 Å². The van der Waals surface area contributed by atoms with Crippen molar-refractivity contribution in [3.63, 3.8) is 0 Å². The van der Waals surface area contributed by atoms with Gasteiger partial charge in [-0.1, -0.05) is 64.2 Å². The first kappa shape index (κ1) is 22.2. The van der Waals surface area contributed by atoms with Crippen LogP contribution in [0.1, 0.15) is 34.7 Å². The van der Waals surface area contributed by atoms with E-state index in [1.165, 1.54) is 17.8 Å². The second kappa shape index (κ2) is 9.58. The predicted octanol–water partition coefficient (Wildman–Crippen LogP) is 6.21. The number of carbonyl (C=O) groups is 1. The highest BCUT2D eigenvalue weighted by atomic mass is 35.5. The van der Waals surface area contributed by atoms with Crippen molar-refractivity contribution in [1.29, 1.82) is 0 Å². The summed E-state index contributed by atoms with van der Waals surface area (Å²) in [6, 6.07) is 9.87. The predicted molar refractivity (Wildman–Crippen MR) is 119 cm³/mol. The fourth-order valence-corrected chi connectivity index (χ4v) is 4.29. The van der Waals surface area contributed by atoms with Gasteiger partial charge < -0.3 is 9.88 Å². The Kier molecular flexibility index (Phi) is 7.35. The molecule has 0 aliphatic carbocycles. The van der Waals surface area contributed by atoms with Gasteiger partial charge in [0.25, 0.3) is 5.91 Å². The second-order valence-electron chi connectivity index (χ2n) is 6.26. The van der Waals surface area contributed by atoms with E-state index in [2.05, 4.69) is 15.5 Å². The second-order valence-corrected chi connectivity index (χ2v) is 8.86. The molecule has 10 heteroatoms. The average molecular weight is 490 g/mol. The molecule has 0 aliphatic rings. The number of amides is 1. The molecule has 0 bridgehead atoms. The van der Waals surface area contributed by atoms with Crippen LogP contribution in [0.5, 0.6) is 0 Å². The lowest BCUT2D eigenvalue weighted by molar-refractivity contribution is 0.0938. The number of rotatable bonds is 6. The van der Waals surface area contributed by atoms with Crippen molar-refractivity contribution in [2.45, 2.75) is 23.9 Å². The molecule has 1 atom stereocenters. The summed E-state index contributed by atoms with van der Waals surface area (Å²) in [4.78, 5) is 12.5. The first-order valence-corrected chi connectivity index (χ1v) is 11.0. The standard InChI is InChI=1S/C19H16Cl4N4OS/c1-10(24-18(28)13-5-4-12(20)8-15(13)22)17-25-26-19(27(17)2)29-9-11-3-6-14(21)16(23)7-11/h3-8,10H,9H2,1-2H3,(H,24,28)/t10-/m1/s1. The minimum absolute atomic E-state index is 0.290. The van der Waals surface area contributed by atoms with E-state index in [1.54, 1.807) is 18.2 Å². The Morgan fingerprint density at radius 3 is 2.52 bits per heavy atom. The van der Waals surface area contributed by atoms with E-state index in [0.717, 1.165) is 10.7 Å². The largest absolute Gasteiger partial charge is 0.342 e. The zero-order valence-corrected chi connectivity index (χ0v) is 19.3. The van der Waals surface area contributed by atoms with Crippen LogP contribution in [0.3, 0.4) is 0 Å². The molecule has 3 rings (SSSR count). The van der Waals surface area contributed by atoms with E-state index < -0.39 is 0 Å². The number of nitrogens with one attached hydrogen (secondary N) is 1. The number of hydrogen-bond acceptors (Lipinski definition) is 4. The third kappa shape index (κ3) is 5.38. The van der Waals surface area contributed by atoms with Crippen LogP contribution in [-0.2, 0) is 12.8 Å². The third-order valence-electron chi connectivity index (χ3n) is 4.13. The normalized spacial score (nSPS) is 12.1. The lowest BCUT2D eigenvalue weighted by Crippen LogP contribution is -2.28. The molecule has 0 unspecified atom stereocenters. The summed E-state index contributed by atoms with van der Waals surface area (Å²) >= 11 is 25.5. The number of benzene rings is 2. The van der Waals surface area contributed by atoms with Crippen LogP contribution in [-0.4, -0.2) is 20.7 Å². The van der Waals surface area contributed by atoms with Crippen molar-refractivity contribution in [3.8, 4) is 0 Å². The highest BCUT2D eigenvalue weighted by molar-refractivity contribution is 7.98. The van der Waals surface area contributed by atoms with Crippen LogP contribution >= 0.6 is 58.2 Å². The third-order valence-corrected chi connectivity index (χ3v) is 6.51. The van der Waals surface area contributed by atoms with Gasteiger partial charge >= 0.3 is 0 Å². The molecule has 1 heterocycles. The molecular formula is C19H16Cl4N4OS. The van der Waals surface area contributed by atoms with Crippen LogP contribution < -0.4 is 5.32 Å². The van der Waals surface area contributed by atoms with Crippen molar-refractivity contribution in [2.24, 2.45) is 7.05 Å². The Labute approximate surface area is 192 Å². The smallest absolute Gasteiger partial charge is 0.253 e. The molecule has 1 N–H and O–H groups in total. The van der Waals surface area contributed by atoms with Crippen molar-refractivity contribution < 1.29 is 4.79 Å². The van der Waals surface area contributed by atoms with E-state index in [9.17, 15) is 4.79 Å². The number of aromatic nitrogens is 3. The Morgan fingerprint density at radius 2 is 1.83 bits per heavy atom. The molecule has 3 aromatic rings. The molecule has 1 amide bonds. The summed E-state index contributed by atoms with van der Waals surface area (Å²) in [5.41, 5.74) is 1.37. The van der Waals surface area contributed by atoms with Crippen LogP contribution in [0.25, 0.3) is 0 Å². The van der Waals surface area contributed by atoms with Crippen LogP contribution in [0.15, 0.2) is 41.6 Å². The van der Waals surface area contributed by atoms with Crippen molar-refractivity contribution in [3.05, 3.63) is 73.4 Å². The summed E-state index contributed by atoms with van der Waals surface area (Å²) in [5, 5.41) is 13.8. The molecule has 152 valence electrons. The number of halogens is 4. The molecule has 0 fully saturated rings. The highest BCUT2D eigenvalue weighted by Crippen LogP contribution is 2.28. The zero-order valence-electron chi connectivity index (χ0n) is 15.4. The van der Waals surface area contributed by atoms with Crippen molar-refractivity contribution >= 4 is 64.1 Å². The maximum atomic E-state index is 12.5. The molecule has 0 aliphatic heterocycles. The van der Waals surface area contributed by atoms with E-state index in [4.69, 9.17) is 46.4 Å². The SMILES string of the molecule is C[C@@H](NC(=O)c1ccc(Cl)cc1Cl)c1nnc(SCc2ccc(Cl)c(Cl)c2)n1C. The lowest BCUT2D eigenvalue weighted by atomic mass is 10.2. The van der Waals surface area contributed by atoms with Gasteiger partial charge in [0.1, 0.15) is 0 Å². The molecule has 0 saturated heterocycles. The van der Waals surface area contributed by atoms with E-state index >= 15 is 0 Å². The summed E-state index contributed by atoms with van der Waals surface area (Å²) in [6.45, 7) is 1.83. The number of nitrogens with zero attached hydrogens (tertiary/aromatic N) is 3. The summed E-state index contributed by atoms with van der Waals surface area (Å²) in [7, 11) is 1.85. The minimum atomic E-state index is -0.369. The molecule has 2 aromatic carbocycles. The molecular weight excluding hydrogens is 474 g/mol. The van der Waals surface area contributed by atoms with Gasteiger partial charge in [-0.05, 0) is 42.8 Å². The Morgan fingerprint density at radius 1 is 1.07 bits per heavy atom. The van der Waals surface area contributed by atoms with Crippen molar-refractivity contribution in [2.75, 3.05) is 0 Å². The van der Waals surface area contributed by atoms with Crippen molar-refractivity contribution in [1.82, 2.24) is 20.1 Å². The van der Waals surface area contributed by atoms with E-state index in [1.807, 2.05) is 30.7 Å². The van der Waals surface area contributed by atoms with Gasteiger partial charge in [-0.15, -0.1) is 10.2 Å². The first-order valence-electron chi connectivity index (χ1n) is 8.48. The van der Waals surface area contributed by atoms with Gasteiger partial charge in [-0.3, -0.25) is 4.79 Å². The van der Waals surface area contributed by atoms with Gasteiger partial charge in [-0.2, -0.15) is 0 Å². The molecule has 0 spiro atoms. The number of hydrogen-bond donors (Lipinski definition) is 1. The van der Waals surface area contributed by atoms with E-state index in [0.29, 0.717) is 32.2 Å². The van der Waals surface area contributed by atoms with E-state index in [-0.39, 0.29) is 17.0 Å². The van der Waals surface area contributed by atoms with Gasteiger partial charge in [0.2, 0.25) is 0 Å². The Bertz CT molecular complexity index is 1060. The summed E-state index contributed by atoms with van der Waals surface area (Å²) in [5.74, 6) is 0.969. The first-order chi connectivity index (χ1) is 13.8. The molecule has 5 nitrogen and oxygen atoms in total. The Hall–Kier alpha value is -1.44. The van der Waals surface area contributed by atoms with Gasteiger partial charge in [0.05, 0.1) is 26.7 Å². The summed E-state index contributed by atoms with van der Waals surface area (Å²) in [6.07, 6.45) is 0. The summed E-state index contributed by atoms with van der Waals surface area (Å²) < 4.78 is 1.84. The highest BCUT2D eigenvalue weighted by Gasteiger charge is 2.20. The van der Waals surface area contributed by atoms with Crippen LogP contribution in [0, 0.1) is 0 Å². The molecule has 0 saturated carbocycles. The quantitative estimate of drug-likeness (QED) is 0.418.